The number of nitrogens with two attached hydrogens (primary N) is 1. The van der Waals surface area contributed by atoms with Crippen molar-refractivity contribution in [1.29, 1.82) is 0 Å². The summed E-state index contributed by atoms with van der Waals surface area (Å²) >= 11 is 7.16. The van der Waals surface area contributed by atoms with Crippen LogP contribution in [-0.2, 0) is 5.75 Å². The fraction of sp³-hybridized carbons (Fsp3) is 0.111. The molecule has 0 heterocycles. The molecule has 0 aromatic heterocycles. The van der Waals surface area contributed by atoms with Gasteiger partial charge in [0.05, 0.1) is 0 Å². The maximum atomic E-state index is 5.75. The molecular weight excluding hydrogens is 218 g/mol. The molecule has 1 aromatic rings. The third-order valence-electron chi connectivity index (χ3n) is 1.47. The summed E-state index contributed by atoms with van der Waals surface area (Å²) in [6, 6.07) is 7.58. The van der Waals surface area contributed by atoms with Crippen molar-refractivity contribution in [3.63, 3.8) is 0 Å². The van der Waals surface area contributed by atoms with E-state index in [1.54, 1.807) is 0 Å². The van der Waals surface area contributed by atoms with Crippen LogP contribution in [0.25, 0.3) is 0 Å². The van der Waals surface area contributed by atoms with E-state index in [4.69, 9.17) is 17.3 Å². The normalized spacial score (nSPS) is 11.4. The molecule has 0 aliphatic rings. The molecule has 3 nitrogen and oxygen atoms in total. The number of halogens is 1. The number of benzene rings is 1. The van der Waals surface area contributed by atoms with Gasteiger partial charge in [0, 0.05) is 17.5 Å². The first-order valence-electron chi connectivity index (χ1n) is 3.89. The predicted molar refractivity (Wildman–Crippen MR) is 63.9 cm³/mol. The Bertz CT molecular complexity index is 334. The molecule has 0 bridgehead atoms. The van der Waals surface area contributed by atoms with E-state index >= 15 is 0 Å². The zero-order chi connectivity index (χ0) is 10.4. The average Bonchev–Trinajstić information content (AvgIpc) is 2.17. The fourth-order valence-electron chi connectivity index (χ4n) is 0.836. The van der Waals surface area contributed by atoms with Gasteiger partial charge in [-0.15, -0.1) is 5.10 Å². The second kappa shape index (κ2) is 5.67. The second-order valence-electron chi connectivity index (χ2n) is 2.49. The molecule has 0 saturated carbocycles. The van der Waals surface area contributed by atoms with E-state index in [2.05, 4.69) is 16.9 Å². The van der Waals surface area contributed by atoms with Crippen LogP contribution in [0.2, 0.25) is 5.02 Å². The van der Waals surface area contributed by atoms with Crippen LogP contribution in [0.5, 0.6) is 0 Å². The fourth-order valence-corrected chi connectivity index (χ4v) is 1.58. The molecule has 0 aliphatic carbocycles. The Balaban J connectivity index is 2.49. The minimum atomic E-state index is 0.412. The van der Waals surface area contributed by atoms with E-state index in [1.165, 1.54) is 11.8 Å². The number of rotatable bonds is 3. The Morgan fingerprint density at radius 3 is 2.64 bits per heavy atom. The van der Waals surface area contributed by atoms with Crippen LogP contribution in [0.4, 0.5) is 0 Å². The van der Waals surface area contributed by atoms with Crippen LogP contribution >= 0.6 is 23.4 Å². The van der Waals surface area contributed by atoms with Gasteiger partial charge >= 0.3 is 0 Å². The first-order chi connectivity index (χ1) is 6.72. The van der Waals surface area contributed by atoms with E-state index < -0.39 is 0 Å². The van der Waals surface area contributed by atoms with E-state index in [-0.39, 0.29) is 0 Å². The lowest BCUT2D eigenvalue weighted by molar-refractivity contribution is 1.26. The molecule has 0 spiro atoms. The lowest BCUT2D eigenvalue weighted by atomic mass is 10.2. The van der Waals surface area contributed by atoms with Gasteiger partial charge in [-0.3, -0.25) is 0 Å². The number of hydrogen-bond donors (Lipinski definition) is 1. The minimum absolute atomic E-state index is 0.412. The van der Waals surface area contributed by atoms with Gasteiger partial charge in [-0.1, -0.05) is 35.5 Å². The number of thioether (sulfide) groups is 1. The van der Waals surface area contributed by atoms with Gasteiger partial charge in [0.25, 0.3) is 0 Å². The second-order valence-corrected chi connectivity index (χ2v) is 3.93. The maximum absolute atomic E-state index is 5.75. The predicted octanol–water partition coefficient (Wildman–Crippen LogP) is 2.50. The molecule has 2 N–H and O–H groups in total. The van der Waals surface area contributed by atoms with Crippen molar-refractivity contribution >= 4 is 35.2 Å². The maximum Gasteiger partial charge on any atom is 0.180 e. The third kappa shape index (κ3) is 3.81. The van der Waals surface area contributed by atoms with Crippen LogP contribution in [0.3, 0.4) is 0 Å². The van der Waals surface area contributed by atoms with Gasteiger partial charge < -0.3 is 5.73 Å². The van der Waals surface area contributed by atoms with Crippen molar-refractivity contribution in [2.75, 3.05) is 0 Å². The van der Waals surface area contributed by atoms with Gasteiger partial charge in [0.15, 0.2) is 5.17 Å². The van der Waals surface area contributed by atoms with Gasteiger partial charge in [-0.2, -0.15) is 5.10 Å². The van der Waals surface area contributed by atoms with Crippen molar-refractivity contribution in [2.45, 2.75) is 5.75 Å². The van der Waals surface area contributed by atoms with E-state index in [9.17, 15) is 0 Å². The molecule has 5 heteroatoms. The third-order valence-corrected chi connectivity index (χ3v) is 2.58. The van der Waals surface area contributed by atoms with E-state index in [0.717, 1.165) is 16.3 Å². The van der Waals surface area contributed by atoms with Crippen LogP contribution < -0.4 is 5.73 Å². The zero-order valence-corrected chi connectivity index (χ0v) is 9.05. The van der Waals surface area contributed by atoms with Crippen molar-refractivity contribution < 1.29 is 0 Å². The molecule has 1 aromatic carbocycles. The molecule has 0 atom stereocenters. The van der Waals surface area contributed by atoms with Gasteiger partial charge in [0.1, 0.15) is 0 Å². The standard InChI is InChI=1S/C9H10ClN3S/c1-12-13-9(11)14-6-7-2-4-8(10)5-3-7/h2-5H,1,6H2,(H2,11,13). The largest absolute Gasteiger partial charge is 0.377 e. The van der Waals surface area contributed by atoms with Crippen LogP contribution in [-0.4, -0.2) is 11.9 Å². The van der Waals surface area contributed by atoms with E-state index in [0.29, 0.717) is 5.17 Å². The molecule has 0 fully saturated rings. The molecule has 0 saturated heterocycles. The Morgan fingerprint density at radius 1 is 1.43 bits per heavy atom. The topological polar surface area (TPSA) is 50.7 Å². The molecule has 0 radical (unpaired) electrons. The molecule has 14 heavy (non-hydrogen) atoms. The highest BCUT2D eigenvalue weighted by Crippen LogP contribution is 2.15. The molecule has 0 unspecified atom stereocenters. The Hall–Kier alpha value is -1.00. The highest BCUT2D eigenvalue weighted by Gasteiger charge is 1.96. The number of nitrogens with zero attached hydrogens (tertiary/aromatic N) is 2. The highest BCUT2D eigenvalue weighted by atomic mass is 35.5. The Labute approximate surface area is 92.1 Å². The van der Waals surface area contributed by atoms with Gasteiger partial charge in [0.2, 0.25) is 0 Å². The first-order valence-corrected chi connectivity index (χ1v) is 5.25. The molecule has 0 amide bonds. The zero-order valence-electron chi connectivity index (χ0n) is 7.48. The average molecular weight is 228 g/mol. The van der Waals surface area contributed by atoms with Crippen LogP contribution in [0.1, 0.15) is 5.56 Å². The van der Waals surface area contributed by atoms with Crippen molar-refractivity contribution in [2.24, 2.45) is 15.9 Å². The first kappa shape index (κ1) is 11.1. The quantitative estimate of drug-likeness (QED) is 0.490. The Morgan fingerprint density at radius 2 is 2.07 bits per heavy atom. The molecule has 74 valence electrons. The number of amidine groups is 1. The summed E-state index contributed by atoms with van der Waals surface area (Å²) < 4.78 is 0. The molecule has 1 rings (SSSR count). The minimum Gasteiger partial charge on any atom is -0.377 e. The summed E-state index contributed by atoms with van der Waals surface area (Å²) in [5.74, 6) is 0.752. The van der Waals surface area contributed by atoms with E-state index in [1.807, 2.05) is 24.3 Å². The highest BCUT2D eigenvalue weighted by molar-refractivity contribution is 8.13. The summed E-state index contributed by atoms with van der Waals surface area (Å²) in [4.78, 5) is 0. The summed E-state index contributed by atoms with van der Waals surface area (Å²) in [6.07, 6.45) is 0. The summed E-state index contributed by atoms with van der Waals surface area (Å²) in [5, 5.41) is 8.08. The van der Waals surface area contributed by atoms with Crippen molar-refractivity contribution in [1.82, 2.24) is 0 Å². The summed E-state index contributed by atoms with van der Waals surface area (Å²) in [6.45, 7) is 3.22. The summed E-state index contributed by atoms with van der Waals surface area (Å²) in [7, 11) is 0. The Kier molecular flexibility index (Phi) is 4.49. The molecular formula is C9H10ClN3S. The van der Waals surface area contributed by atoms with Crippen molar-refractivity contribution in [3.05, 3.63) is 34.9 Å². The SMILES string of the molecule is C=N/N=C(\N)SCc1ccc(Cl)cc1. The number of hydrogen-bond acceptors (Lipinski definition) is 3. The van der Waals surface area contributed by atoms with Crippen molar-refractivity contribution in [3.8, 4) is 0 Å². The lowest BCUT2D eigenvalue weighted by Crippen LogP contribution is -2.05. The van der Waals surface area contributed by atoms with Crippen LogP contribution in [0, 0.1) is 0 Å². The summed E-state index contributed by atoms with van der Waals surface area (Å²) in [5.41, 5.74) is 6.66. The molecule has 0 aliphatic heterocycles. The van der Waals surface area contributed by atoms with Crippen LogP contribution in [0.15, 0.2) is 34.5 Å². The van der Waals surface area contributed by atoms with Gasteiger partial charge in [-0.05, 0) is 17.7 Å². The lowest BCUT2D eigenvalue weighted by Gasteiger charge is -1.99. The van der Waals surface area contributed by atoms with Gasteiger partial charge in [-0.25, -0.2) is 0 Å². The monoisotopic (exact) mass is 227 g/mol. The smallest absolute Gasteiger partial charge is 0.180 e.